The van der Waals surface area contributed by atoms with Crippen molar-refractivity contribution in [3.8, 4) is 6.07 Å². The number of rotatable bonds is 5. The number of para-hydroxylation sites is 1. The fourth-order valence-corrected chi connectivity index (χ4v) is 1.97. The summed E-state index contributed by atoms with van der Waals surface area (Å²) in [5.41, 5.74) is 2.48. The van der Waals surface area contributed by atoms with E-state index < -0.39 is 0 Å². The summed E-state index contributed by atoms with van der Waals surface area (Å²) >= 11 is 0. The number of anilines is 1. The van der Waals surface area contributed by atoms with E-state index in [1.54, 1.807) is 24.1 Å². The van der Waals surface area contributed by atoms with Gasteiger partial charge in [0.25, 0.3) is 0 Å². The van der Waals surface area contributed by atoms with Crippen LogP contribution >= 0.6 is 0 Å². The standard InChI is InChI=1S/C17H17N3O/c1-20(13-15-7-5-6-14(10-15)11-18)17(21)12-19-16-8-3-2-4-9-16/h2-10,19H,12-13H2,1H3. The largest absolute Gasteiger partial charge is 0.376 e. The SMILES string of the molecule is CN(Cc1cccc(C#N)c1)C(=O)CNc1ccccc1. The molecule has 1 amide bonds. The van der Waals surface area contributed by atoms with Gasteiger partial charge in [-0.2, -0.15) is 5.26 Å². The topological polar surface area (TPSA) is 56.1 Å². The van der Waals surface area contributed by atoms with Crippen molar-refractivity contribution in [1.29, 1.82) is 5.26 Å². The molecule has 0 atom stereocenters. The molecule has 0 bridgehead atoms. The van der Waals surface area contributed by atoms with Gasteiger partial charge in [-0.3, -0.25) is 4.79 Å². The number of nitriles is 1. The summed E-state index contributed by atoms with van der Waals surface area (Å²) in [5.74, 6) is 0.00112. The molecule has 0 fully saturated rings. The zero-order chi connectivity index (χ0) is 15.1. The molecule has 0 heterocycles. The van der Waals surface area contributed by atoms with Crippen molar-refractivity contribution in [1.82, 2.24) is 4.90 Å². The molecule has 4 heteroatoms. The Bertz CT molecular complexity index is 647. The second-order valence-electron chi connectivity index (χ2n) is 4.78. The van der Waals surface area contributed by atoms with Gasteiger partial charge in [0.1, 0.15) is 0 Å². The summed E-state index contributed by atoms with van der Waals surface area (Å²) in [4.78, 5) is 13.7. The van der Waals surface area contributed by atoms with E-state index in [1.165, 1.54) is 0 Å². The molecule has 0 aliphatic heterocycles. The van der Waals surface area contributed by atoms with Crippen LogP contribution in [0, 0.1) is 11.3 Å². The fraction of sp³-hybridized carbons (Fsp3) is 0.176. The zero-order valence-electron chi connectivity index (χ0n) is 11.9. The van der Waals surface area contributed by atoms with Gasteiger partial charge in [0, 0.05) is 19.3 Å². The second-order valence-corrected chi connectivity index (χ2v) is 4.78. The monoisotopic (exact) mass is 279 g/mol. The van der Waals surface area contributed by atoms with Crippen molar-refractivity contribution in [3.63, 3.8) is 0 Å². The van der Waals surface area contributed by atoms with E-state index in [2.05, 4.69) is 11.4 Å². The van der Waals surface area contributed by atoms with Crippen molar-refractivity contribution < 1.29 is 4.79 Å². The van der Waals surface area contributed by atoms with Crippen LogP contribution in [0.3, 0.4) is 0 Å². The lowest BCUT2D eigenvalue weighted by Gasteiger charge is -2.18. The van der Waals surface area contributed by atoms with E-state index in [0.29, 0.717) is 12.1 Å². The number of hydrogen-bond acceptors (Lipinski definition) is 3. The van der Waals surface area contributed by atoms with Crippen LogP contribution in [0.1, 0.15) is 11.1 Å². The van der Waals surface area contributed by atoms with Crippen LogP contribution in [-0.2, 0) is 11.3 Å². The Kier molecular flexibility index (Phi) is 4.94. The molecule has 0 aliphatic carbocycles. The molecule has 1 N–H and O–H groups in total. The average molecular weight is 279 g/mol. The third-order valence-corrected chi connectivity index (χ3v) is 3.12. The number of likely N-dealkylation sites (N-methyl/N-ethyl adjacent to an activating group) is 1. The van der Waals surface area contributed by atoms with E-state index in [9.17, 15) is 4.79 Å². The number of nitrogens with one attached hydrogen (secondary N) is 1. The zero-order valence-corrected chi connectivity index (χ0v) is 11.9. The first-order valence-corrected chi connectivity index (χ1v) is 6.71. The van der Waals surface area contributed by atoms with Gasteiger partial charge >= 0.3 is 0 Å². The van der Waals surface area contributed by atoms with Crippen molar-refractivity contribution in [2.45, 2.75) is 6.54 Å². The van der Waals surface area contributed by atoms with Crippen LogP contribution in [0.15, 0.2) is 54.6 Å². The van der Waals surface area contributed by atoms with Crippen LogP contribution in [0.2, 0.25) is 0 Å². The Balaban J connectivity index is 1.89. The molecule has 2 rings (SSSR count). The highest BCUT2D eigenvalue weighted by atomic mass is 16.2. The average Bonchev–Trinajstić information content (AvgIpc) is 2.53. The summed E-state index contributed by atoms with van der Waals surface area (Å²) in [5, 5.41) is 12.0. The maximum atomic E-state index is 12.1. The van der Waals surface area contributed by atoms with Gasteiger partial charge in [0.2, 0.25) is 5.91 Å². The highest BCUT2D eigenvalue weighted by molar-refractivity contribution is 5.80. The van der Waals surface area contributed by atoms with E-state index in [-0.39, 0.29) is 12.5 Å². The Morgan fingerprint density at radius 2 is 1.95 bits per heavy atom. The summed E-state index contributed by atoms with van der Waals surface area (Å²) < 4.78 is 0. The molecule has 106 valence electrons. The van der Waals surface area contributed by atoms with Crippen LogP contribution in [0.25, 0.3) is 0 Å². The Hall–Kier alpha value is -2.80. The maximum Gasteiger partial charge on any atom is 0.241 e. The molecule has 0 radical (unpaired) electrons. The molecule has 0 aromatic heterocycles. The molecule has 4 nitrogen and oxygen atoms in total. The van der Waals surface area contributed by atoms with Crippen LogP contribution in [-0.4, -0.2) is 24.4 Å². The molecule has 0 aliphatic rings. The molecule has 0 unspecified atom stereocenters. The number of amides is 1. The molecular weight excluding hydrogens is 262 g/mol. The van der Waals surface area contributed by atoms with Gasteiger partial charge in [-0.05, 0) is 29.8 Å². The van der Waals surface area contributed by atoms with Crippen LogP contribution in [0.5, 0.6) is 0 Å². The van der Waals surface area contributed by atoms with Crippen molar-refractivity contribution in [3.05, 3.63) is 65.7 Å². The Morgan fingerprint density at radius 1 is 1.19 bits per heavy atom. The van der Waals surface area contributed by atoms with Gasteiger partial charge in [-0.15, -0.1) is 0 Å². The van der Waals surface area contributed by atoms with Crippen LogP contribution in [0.4, 0.5) is 5.69 Å². The number of carbonyl (C=O) groups is 1. The quantitative estimate of drug-likeness (QED) is 0.915. The first-order valence-electron chi connectivity index (χ1n) is 6.71. The lowest BCUT2D eigenvalue weighted by molar-refractivity contribution is -0.128. The first-order chi connectivity index (χ1) is 10.2. The van der Waals surface area contributed by atoms with Crippen molar-refractivity contribution in [2.24, 2.45) is 0 Å². The van der Waals surface area contributed by atoms with Crippen LogP contribution < -0.4 is 5.32 Å². The third-order valence-electron chi connectivity index (χ3n) is 3.12. The number of carbonyl (C=O) groups excluding carboxylic acids is 1. The minimum Gasteiger partial charge on any atom is -0.376 e. The number of hydrogen-bond donors (Lipinski definition) is 1. The summed E-state index contributed by atoms with van der Waals surface area (Å²) in [6, 6.07) is 19.0. The van der Waals surface area contributed by atoms with Gasteiger partial charge in [-0.1, -0.05) is 30.3 Å². The van der Waals surface area contributed by atoms with E-state index in [1.807, 2.05) is 42.5 Å². The maximum absolute atomic E-state index is 12.1. The van der Waals surface area contributed by atoms with Crippen molar-refractivity contribution in [2.75, 3.05) is 18.9 Å². The van der Waals surface area contributed by atoms with Gasteiger partial charge < -0.3 is 10.2 Å². The molecule has 2 aromatic rings. The third kappa shape index (κ3) is 4.36. The summed E-state index contributed by atoms with van der Waals surface area (Å²) in [7, 11) is 1.76. The second kappa shape index (κ2) is 7.11. The number of nitrogens with zero attached hydrogens (tertiary/aromatic N) is 2. The highest BCUT2D eigenvalue weighted by Gasteiger charge is 2.09. The number of benzene rings is 2. The fourth-order valence-electron chi connectivity index (χ4n) is 1.97. The van der Waals surface area contributed by atoms with Crippen molar-refractivity contribution >= 4 is 11.6 Å². The lowest BCUT2D eigenvalue weighted by Crippen LogP contribution is -2.31. The molecule has 0 saturated carbocycles. The van der Waals surface area contributed by atoms with E-state index >= 15 is 0 Å². The lowest BCUT2D eigenvalue weighted by atomic mass is 10.1. The van der Waals surface area contributed by atoms with E-state index in [4.69, 9.17) is 5.26 Å². The predicted molar refractivity (Wildman–Crippen MR) is 82.6 cm³/mol. The molecular formula is C17H17N3O. The predicted octanol–water partition coefficient (Wildman–Crippen LogP) is 2.63. The first kappa shape index (κ1) is 14.6. The summed E-state index contributed by atoms with van der Waals surface area (Å²) in [6.07, 6.45) is 0. The van der Waals surface area contributed by atoms with Gasteiger partial charge in [0.05, 0.1) is 18.2 Å². The smallest absolute Gasteiger partial charge is 0.241 e. The van der Waals surface area contributed by atoms with Gasteiger partial charge in [-0.25, -0.2) is 0 Å². The Labute approximate surface area is 124 Å². The van der Waals surface area contributed by atoms with E-state index in [0.717, 1.165) is 11.3 Å². The molecule has 0 saturated heterocycles. The minimum atomic E-state index is 0.00112. The minimum absolute atomic E-state index is 0.00112. The summed E-state index contributed by atoms with van der Waals surface area (Å²) in [6.45, 7) is 0.739. The molecule has 0 spiro atoms. The highest BCUT2D eigenvalue weighted by Crippen LogP contribution is 2.08. The normalized spacial score (nSPS) is 9.71. The molecule has 2 aromatic carbocycles. The van der Waals surface area contributed by atoms with Gasteiger partial charge in [0.15, 0.2) is 0 Å². The Morgan fingerprint density at radius 3 is 2.67 bits per heavy atom. The molecule has 21 heavy (non-hydrogen) atoms.